The van der Waals surface area contributed by atoms with E-state index in [1.807, 2.05) is 12.4 Å². The van der Waals surface area contributed by atoms with Crippen molar-refractivity contribution in [3.8, 4) is 0 Å². The number of amides is 1. The number of aromatic amines is 1. The normalized spacial score (nSPS) is 20.9. The summed E-state index contributed by atoms with van der Waals surface area (Å²) in [5, 5.41) is 7.47. The van der Waals surface area contributed by atoms with Gasteiger partial charge in [-0.25, -0.2) is 4.98 Å². The van der Waals surface area contributed by atoms with Gasteiger partial charge >= 0.3 is 0 Å². The van der Waals surface area contributed by atoms with Gasteiger partial charge in [-0.15, -0.1) is 12.4 Å². The molecule has 0 aliphatic carbocycles. The molecule has 0 saturated carbocycles. The minimum Gasteiger partial charge on any atom is -0.369 e. The van der Waals surface area contributed by atoms with Crippen molar-refractivity contribution in [2.24, 2.45) is 5.41 Å². The molecule has 2 aliphatic heterocycles. The summed E-state index contributed by atoms with van der Waals surface area (Å²) in [4.78, 5) is 26.8. The summed E-state index contributed by atoms with van der Waals surface area (Å²) in [7, 11) is 0. The van der Waals surface area contributed by atoms with E-state index in [1.165, 1.54) is 12.8 Å². The van der Waals surface area contributed by atoms with Crippen molar-refractivity contribution >= 4 is 56.7 Å². The van der Waals surface area contributed by atoms with Crippen LogP contribution in [0.1, 0.15) is 23.2 Å². The first kappa shape index (κ1) is 20.1. The fourth-order valence-electron chi connectivity index (χ4n) is 4.42. The van der Waals surface area contributed by atoms with Gasteiger partial charge in [-0.3, -0.25) is 9.78 Å². The smallest absolute Gasteiger partial charge is 0.257 e. The maximum atomic E-state index is 12.7. The molecule has 0 bridgehead atoms. The predicted molar refractivity (Wildman–Crippen MR) is 120 cm³/mol. The third-order valence-electron chi connectivity index (χ3n) is 5.89. The largest absolute Gasteiger partial charge is 0.369 e. The number of carbonyl (C=O) groups is 1. The van der Waals surface area contributed by atoms with Gasteiger partial charge in [-0.05, 0) is 47.4 Å². The molecule has 29 heavy (non-hydrogen) atoms. The van der Waals surface area contributed by atoms with Crippen LogP contribution in [0.2, 0.25) is 0 Å². The van der Waals surface area contributed by atoms with Crippen LogP contribution in [0, 0.1) is 5.41 Å². The van der Waals surface area contributed by atoms with Crippen molar-refractivity contribution in [2.45, 2.75) is 12.8 Å². The Morgan fingerprint density at radius 2 is 2.21 bits per heavy atom. The number of fused-ring (bicyclic) bond motifs is 1. The van der Waals surface area contributed by atoms with E-state index < -0.39 is 0 Å². The Balaban J connectivity index is 0.00000205. The Morgan fingerprint density at radius 3 is 2.97 bits per heavy atom. The molecular weight excluding hydrogens is 456 g/mol. The van der Waals surface area contributed by atoms with Crippen LogP contribution in [-0.4, -0.2) is 47.0 Å². The Kier molecular flexibility index (Phi) is 5.50. The van der Waals surface area contributed by atoms with Crippen LogP contribution in [0.25, 0.3) is 11.0 Å². The second-order valence-electron chi connectivity index (χ2n) is 7.67. The molecule has 1 unspecified atom stereocenters. The maximum absolute atomic E-state index is 12.7. The third kappa shape index (κ3) is 3.60. The molecule has 1 spiro atoms. The number of hydrogen-bond donors (Lipinski definition) is 3. The summed E-state index contributed by atoms with van der Waals surface area (Å²) in [5.74, 6) is -0.183. The fourth-order valence-corrected chi connectivity index (χ4v) is 4.98. The molecule has 3 aromatic rings. The highest BCUT2D eigenvalue weighted by atomic mass is 79.9. The first-order chi connectivity index (χ1) is 13.7. The van der Waals surface area contributed by atoms with Gasteiger partial charge in [0.1, 0.15) is 5.65 Å². The molecule has 1 amide bonds. The highest BCUT2D eigenvalue weighted by Gasteiger charge is 2.41. The monoisotopic (exact) mass is 476 g/mol. The Hall–Kier alpha value is -2.16. The number of nitrogens with zero attached hydrogens (tertiary/aromatic N) is 3. The van der Waals surface area contributed by atoms with Gasteiger partial charge in [0.2, 0.25) is 0 Å². The lowest BCUT2D eigenvalue weighted by Crippen LogP contribution is -2.29. The molecule has 9 heteroatoms. The zero-order valence-corrected chi connectivity index (χ0v) is 18.1. The second-order valence-corrected chi connectivity index (χ2v) is 8.53. The van der Waals surface area contributed by atoms with E-state index in [9.17, 15) is 4.79 Å². The van der Waals surface area contributed by atoms with E-state index in [-0.39, 0.29) is 18.3 Å². The van der Waals surface area contributed by atoms with Crippen LogP contribution in [0.4, 0.5) is 11.4 Å². The van der Waals surface area contributed by atoms with Crippen molar-refractivity contribution in [2.75, 3.05) is 36.4 Å². The molecule has 152 valence electrons. The minimum absolute atomic E-state index is 0. The number of pyridine rings is 2. The number of rotatable bonds is 3. The summed E-state index contributed by atoms with van der Waals surface area (Å²) in [5.41, 5.74) is 3.48. The topological polar surface area (TPSA) is 85.9 Å². The summed E-state index contributed by atoms with van der Waals surface area (Å²) < 4.78 is 0.944. The van der Waals surface area contributed by atoms with E-state index in [1.54, 1.807) is 24.5 Å². The van der Waals surface area contributed by atoms with Gasteiger partial charge in [0, 0.05) is 49.8 Å². The van der Waals surface area contributed by atoms with E-state index in [0.717, 1.165) is 53.1 Å². The molecule has 0 radical (unpaired) electrons. The average Bonchev–Trinajstić information content (AvgIpc) is 3.45. The Bertz CT molecular complexity index is 1030. The molecule has 0 aromatic carbocycles. The molecule has 1 atom stereocenters. The highest BCUT2D eigenvalue weighted by molar-refractivity contribution is 9.10. The zero-order chi connectivity index (χ0) is 19.1. The van der Waals surface area contributed by atoms with Crippen LogP contribution in [-0.2, 0) is 0 Å². The number of aromatic nitrogens is 3. The first-order valence-corrected chi connectivity index (χ1v) is 10.3. The number of hydrogen-bond acceptors (Lipinski definition) is 5. The van der Waals surface area contributed by atoms with Crippen molar-refractivity contribution < 1.29 is 4.79 Å². The van der Waals surface area contributed by atoms with Gasteiger partial charge in [0.05, 0.1) is 26.8 Å². The molecule has 5 heterocycles. The number of carbonyl (C=O) groups excluding carboxylic acids is 1. The summed E-state index contributed by atoms with van der Waals surface area (Å²) in [6.07, 6.45) is 9.26. The molecule has 5 rings (SSSR count). The number of halogens is 2. The van der Waals surface area contributed by atoms with Crippen molar-refractivity contribution in [1.82, 2.24) is 20.3 Å². The van der Waals surface area contributed by atoms with Gasteiger partial charge in [0.15, 0.2) is 0 Å². The van der Waals surface area contributed by atoms with E-state index in [4.69, 9.17) is 0 Å². The van der Waals surface area contributed by atoms with Gasteiger partial charge in [-0.2, -0.15) is 0 Å². The molecule has 2 aliphatic rings. The van der Waals surface area contributed by atoms with Gasteiger partial charge in [0.25, 0.3) is 5.91 Å². The van der Waals surface area contributed by atoms with Gasteiger partial charge < -0.3 is 20.5 Å². The van der Waals surface area contributed by atoms with Crippen LogP contribution in [0.5, 0.6) is 0 Å². The molecule has 7 nitrogen and oxygen atoms in total. The van der Waals surface area contributed by atoms with Crippen molar-refractivity contribution in [3.05, 3.63) is 47.0 Å². The van der Waals surface area contributed by atoms with E-state index in [0.29, 0.717) is 11.0 Å². The number of nitrogens with one attached hydrogen (secondary N) is 3. The summed E-state index contributed by atoms with van der Waals surface area (Å²) in [6.45, 7) is 4.18. The Labute approximate surface area is 183 Å². The molecule has 3 N–H and O–H groups in total. The average molecular weight is 478 g/mol. The summed E-state index contributed by atoms with van der Waals surface area (Å²) >= 11 is 3.70. The minimum atomic E-state index is -0.183. The third-order valence-corrected chi connectivity index (χ3v) is 6.47. The predicted octanol–water partition coefficient (Wildman–Crippen LogP) is 3.58. The number of H-pyrrole nitrogens is 1. The quantitative estimate of drug-likeness (QED) is 0.537. The summed E-state index contributed by atoms with van der Waals surface area (Å²) in [6, 6.07) is 3.51. The van der Waals surface area contributed by atoms with E-state index in [2.05, 4.69) is 46.4 Å². The van der Waals surface area contributed by atoms with Crippen LogP contribution in [0.15, 0.2) is 41.4 Å². The first-order valence-electron chi connectivity index (χ1n) is 9.48. The standard InChI is InChI=1S/C20H21BrN6O.ClH/c21-14-9-24-18-16(17(14)27-7-4-20(12-27)3-6-23-11-20)15(10-25-18)26-19(28)13-2-1-5-22-8-13;/h1-2,5,8-10,23H,3-4,6-7,11-12H2,(H,24,25)(H,26,28);1H. The van der Waals surface area contributed by atoms with Gasteiger partial charge in [-0.1, -0.05) is 0 Å². The Morgan fingerprint density at radius 1 is 1.31 bits per heavy atom. The lowest BCUT2D eigenvalue weighted by atomic mass is 9.86. The SMILES string of the molecule is Cl.O=C(Nc1c[nH]c2ncc(Br)c(N3CCC4(CCNC4)C3)c12)c1cccnc1. The molecule has 2 saturated heterocycles. The second kappa shape index (κ2) is 7.93. The lowest BCUT2D eigenvalue weighted by molar-refractivity contribution is 0.102. The van der Waals surface area contributed by atoms with Crippen molar-refractivity contribution in [1.29, 1.82) is 0 Å². The van der Waals surface area contributed by atoms with Crippen LogP contribution >= 0.6 is 28.3 Å². The van der Waals surface area contributed by atoms with Crippen LogP contribution < -0.4 is 15.5 Å². The van der Waals surface area contributed by atoms with Crippen molar-refractivity contribution in [3.63, 3.8) is 0 Å². The molecule has 2 fully saturated rings. The lowest BCUT2D eigenvalue weighted by Gasteiger charge is -2.25. The maximum Gasteiger partial charge on any atom is 0.257 e. The number of anilines is 2. The molecular formula is C20H22BrClN6O. The fraction of sp³-hybridized carbons (Fsp3) is 0.350. The molecule has 3 aromatic heterocycles. The highest BCUT2D eigenvalue weighted by Crippen LogP contribution is 2.44. The van der Waals surface area contributed by atoms with E-state index >= 15 is 0 Å². The van der Waals surface area contributed by atoms with Crippen LogP contribution in [0.3, 0.4) is 0 Å². The zero-order valence-electron chi connectivity index (χ0n) is 15.7.